The minimum absolute atomic E-state index is 0.188. The first-order chi connectivity index (χ1) is 18.3. The lowest BCUT2D eigenvalue weighted by molar-refractivity contribution is -0.114. The van der Waals surface area contributed by atoms with Crippen molar-refractivity contribution in [3.05, 3.63) is 114 Å². The van der Waals surface area contributed by atoms with E-state index in [1.807, 2.05) is 0 Å². The van der Waals surface area contributed by atoms with Crippen LogP contribution in [0, 0.1) is 0 Å². The van der Waals surface area contributed by atoms with Gasteiger partial charge < -0.3 is 25.8 Å². The average Bonchev–Trinajstić information content (AvgIpc) is 2.91. The molecule has 0 radical (unpaired) electrons. The Morgan fingerprint density at radius 2 is 1.11 bits per heavy atom. The lowest BCUT2D eigenvalue weighted by atomic mass is 10.1. The highest BCUT2D eigenvalue weighted by Crippen LogP contribution is 2.20. The van der Waals surface area contributed by atoms with E-state index < -0.39 is 17.8 Å². The van der Waals surface area contributed by atoms with E-state index in [9.17, 15) is 19.2 Å². The Bertz CT molecular complexity index is 1480. The van der Waals surface area contributed by atoms with Crippen molar-refractivity contribution < 1.29 is 28.7 Å². The van der Waals surface area contributed by atoms with Gasteiger partial charge in [-0.15, -0.1) is 0 Å². The summed E-state index contributed by atoms with van der Waals surface area (Å²) in [6.45, 7) is 1.40. The Balaban J connectivity index is 1.35. The molecule has 0 bridgehead atoms. The van der Waals surface area contributed by atoms with Crippen molar-refractivity contribution in [3.63, 3.8) is 0 Å². The highest BCUT2D eigenvalue weighted by atomic mass is 16.5. The topological polar surface area (TPSA) is 137 Å². The predicted octanol–water partition coefficient (Wildman–Crippen LogP) is 4.92. The molecule has 0 spiro atoms. The fourth-order valence-electron chi connectivity index (χ4n) is 3.36. The van der Waals surface area contributed by atoms with Crippen molar-refractivity contribution in [2.75, 3.05) is 16.4 Å². The lowest BCUT2D eigenvalue weighted by Gasteiger charge is -2.09. The van der Waals surface area contributed by atoms with Gasteiger partial charge in [0.2, 0.25) is 5.91 Å². The summed E-state index contributed by atoms with van der Waals surface area (Å²) in [6, 6.07) is 25.1. The van der Waals surface area contributed by atoms with Crippen molar-refractivity contribution in [1.29, 1.82) is 0 Å². The number of nitrogen functional groups attached to an aromatic ring is 1. The normalized spacial score (nSPS) is 10.2. The summed E-state index contributed by atoms with van der Waals surface area (Å²) >= 11 is 0. The quantitative estimate of drug-likeness (QED) is 0.183. The number of esters is 2. The van der Waals surface area contributed by atoms with Crippen molar-refractivity contribution in [1.82, 2.24) is 0 Å². The van der Waals surface area contributed by atoms with Crippen molar-refractivity contribution in [2.24, 2.45) is 0 Å². The van der Waals surface area contributed by atoms with Gasteiger partial charge in [-0.05, 0) is 91.0 Å². The zero-order valence-electron chi connectivity index (χ0n) is 20.3. The van der Waals surface area contributed by atoms with Crippen LogP contribution < -0.4 is 25.8 Å². The number of carbonyl (C=O) groups excluding carboxylic acids is 4. The molecule has 4 aromatic rings. The molecule has 4 aromatic carbocycles. The van der Waals surface area contributed by atoms with Crippen molar-refractivity contribution >= 4 is 40.8 Å². The van der Waals surface area contributed by atoms with E-state index in [1.165, 1.54) is 19.1 Å². The summed E-state index contributed by atoms with van der Waals surface area (Å²) in [7, 11) is 0. The summed E-state index contributed by atoms with van der Waals surface area (Å²) in [6.07, 6.45) is 0. The van der Waals surface area contributed by atoms with Gasteiger partial charge in [-0.3, -0.25) is 9.59 Å². The highest BCUT2D eigenvalue weighted by Gasteiger charge is 2.14. The second-order valence-corrected chi connectivity index (χ2v) is 8.17. The van der Waals surface area contributed by atoms with Crippen LogP contribution in [-0.4, -0.2) is 23.8 Å². The van der Waals surface area contributed by atoms with E-state index >= 15 is 0 Å². The van der Waals surface area contributed by atoms with Crippen LogP contribution in [0.2, 0.25) is 0 Å². The van der Waals surface area contributed by atoms with Crippen LogP contribution in [0.25, 0.3) is 0 Å². The SMILES string of the molecule is CC(=O)Nc1ccc(OC(=O)c2cccc(C(=O)Nc3ccc(OC(=O)c4ccc(N)cc4)cc3)c2)cc1. The van der Waals surface area contributed by atoms with E-state index in [0.29, 0.717) is 28.4 Å². The summed E-state index contributed by atoms with van der Waals surface area (Å²) < 4.78 is 10.7. The zero-order chi connectivity index (χ0) is 27.1. The van der Waals surface area contributed by atoms with E-state index in [0.717, 1.165) is 0 Å². The number of carbonyl (C=O) groups is 4. The molecule has 0 fully saturated rings. The van der Waals surface area contributed by atoms with Gasteiger partial charge in [-0.1, -0.05) is 6.07 Å². The molecule has 0 atom stereocenters. The molecule has 0 unspecified atom stereocenters. The van der Waals surface area contributed by atoms with Gasteiger partial charge in [-0.25, -0.2) is 9.59 Å². The highest BCUT2D eigenvalue weighted by molar-refractivity contribution is 6.05. The summed E-state index contributed by atoms with van der Waals surface area (Å²) in [4.78, 5) is 48.7. The number of amides is 2. The van der Waals surface area contributed by atoms with Crippen molar-refractivity contribution in [3.8, 4) is 11.5 Å². The van der Waals surface area contributed by atoms with Gasteiger partial charge >= 0.3 is 11.9 Å². The molecule has 4 N–H and O–H groups in total. The second kappa shape index (κ2) is 11.5. The number of nitrogens with two attached hydrogens (primary N) is 1. The average molecular weight is 510 g/mol. The number of anilines is 3. The molecule has 0 heterocycles. The van der Waals surface area contributed by atoms with Gasteiger partial charge in [-0.2, -0.15) is 0 Å². The fraction of sp³-hybridized carbons (Fsp3) is 0.0345. The molecule has 4 rings (SSSR count). The molecule has 38 heavy (non-hydrogen) atoms. The maximum absolute atomic E-state index is 12.8. The molecule has 0 saturated carbocycles. The number of ether oxygens (including phenoxy) is 2. The minimum atomic E-state index is -0.640. The molecule has 0 saturated heterocycles. The molecule has 190 valence electrons. The summed E-state index contributed by atoms with van der Waals surface area (Å²) in [5.41, 5.74) is 8.01. The van der Waals surface area contributed by atoms with Crippen LogP contribution in [0.1, 0.15) is 38.0 Å². The van der Waals surface area contributed by atoms with Crippen LogP contribution in [0.5, 0.6) is 11.5 Å². The molecule has 2 amide bonds. The maximum atomic E-state index is 12.8. The molecular formula is C29H23N3O6. The smallest absolute Gasteiger partial charge is 0.343 e. The predicted molar refractivity (Wildman–Crippen MR) is 142 cm³/mol. The van der Waals surface area contributed by atoms with Crippen LogP contribution in [0.15, 0.2) is 97.1 Å². The number of benzene rings is 4. The monoisotopic (exact) mass is 509 g/mol. The summed E-state index contributed by atoms with van der Waals surface area (Å²) in [5, 5.41) is 5.36. The van der Waals surface area contributed by atoms with Gasteiger partial charge in [0, 0.05) is 29.5 Å². The Kier molecular flexibility index (Phi) is 7.78. The fourth-order valence-corrected chi connectivity index (χ4v) is 3.36. The van der Waals surface area contributed by atoms with E-state index in [2.05, 4.69) is 10.6 Å². The molecule has 9 nitrogen and oxygen atoms in total. The Morgan fingerprint density at radius 1 is 0.605 bits per heavy atom. The van der Waals surface area contributed by atoms with Gasteiger partial charge in [0.25, 0.3) is 5.91 Å². The third kappa shape index (κ3) is 6.82. The first-order valence-electron chi connectivity index (χ1n) is 11.5. The van der Waals surface area contributed by atoms with Gasteiger partial charge in [0.15, 0.2) is 0 Å². The minimum Gasteiger partial charge on any atom is -0.423 e. The van der Waals surface area contributed by atoms with Gasteiger partial charge in [0.05, 0.1) is 11.1 Å². The largest absolute Gasteiger partial charge is 0.423 e. The van der Waals surface area contributed by atoms with Crippen LogP contribution in [0.3, 0.4) is 0 Å². The number of hydrogen-bond acceptors (Lipinski definition) is 7. The Labute approximate surface area is 218 Å². The van der Waals surface area contributed by atoms with E-state index in [4.69, 9.17) is 15.2 Å². The molecular weight excluding hydrogens is 486 g/mol. The third-order valence-corrected chi connectivity index (χ3v) is 5.21. The van der Waals surface area contributed by atoms with Crippen LogP contribution in [-0.2, 0) is 4.79 Å². The van der Waals surface area contributed by atoms with Crippen LogP contribution in [0.4, 0.5) is 17.1 Å². The first-order valence-corrected chi connectivity index (χ1v) is 11.5. The molecule has 0 aliphatic heterocycles. The maximum Gasteiger partial charge on any atom is 0.343 e. The standard InChI is InChI=1S/C29H23N3O6/c1-18(33)31-23-9-13-26(14-10-23)38-29(36)21-4-2-3-20(17-21)27(34)32-24-11-15-25(16-12-24)37-28(35)19-5-7-22(30)8-6-19/h2-17H,30H2,1H3,(H,31,33)(H,32,34). The molecule has 0 aromatic heterocycles. The Morgan fingerprint density at radius 3 is 1.66 bits per heavy atom. The first kappa shape index (κ1) is 25.6. The summed E-state index contributed by atoms with van der Waals surface area (Å²) in [5.74, 6) is -1.23. The van der Waals surface area contributed by atoms with Gasteiger partial charge in [0.1, 0.15) is 11.5 Å². The van der Waals surface area contributed by atoms with E-state index in [1.54, 1.807) is 84.9 Å². The van der Waals surface area contributed by atoms with Crippen molar-refractivity contribution in [2.45, 2.75) is 6.92 Å². The van der Waals surface area contributed by atoms with Crippen LogP contribution >= 0.6 is 0 Å². The number of rotatable bonds is 7. The number of nitrogens with one attached hydrogen (secondary N) is 2. The van der Waals surface area contributed by atoms with E-state index in [-0.39, 0.29) is 22.8 Å². The lowest BCUT2D eigenvalue weighted by Crippen LogP contribution is -2.14. The molecule has 9 heteroatoms. The molecule has 0 aliphatic rings. The Hall–Kier alpha value is -5.44. The molecule has 0 aliphatic carbocycles. The number of hydrogen-bond donors (Lipinski definition) is 3. The zero-order valence-corrected chi connectivity index (χ0v) is 20.3. The third-order valence-electron chi connectivity index (χ3n) is 5.21. The second-order valence-electron chi connectivity index (χ2n) is 8.17.